The summed E-state index contributed by atoms with van der Waals surface area (Å²) in [4.78, 5) is 30.2. The number of carbonyl (C=O) groups is 2. The Morgan fingerprint density at radius 3 is 2.53 bits per heavy atom. The van der Waals surface area contributed by atoms with Gasteiger partial charge in [0.1, 0.15) is 12.4 Å². The molecule has 0 fully saturated rings. The standard InChI is InChI=1S/C26H26N2O3S/c1-27(17-18-31-21-10-3-2-4-11-21)26(30)22-12-6-8-14-24(22)32-19-25(29)28-16-15-20-9-5-7-13-23(20)28/h2-14H,15-19H2,1H3. The van der Waals surface area contributed by atoms with E-state index < -0.39 is 0 Å². The Bertz CT molecular complexity index is 1090. The van der Waals surface area contributed by atoms with Crippen LogP contribution in [0.4, 0.5) is 5.69 Å². The summed E-state index contributed by atoms with van der Waals surface area (Å²) in [7, 11) is 1.77. The van der Waals surface area contributed by atoms with E-state index in [0.717, 1.165) is 22.8 Å². The maximum Gasteiger partial charge on any atom is 0.254 e. The van der Waals surface area contributed by atoms with Gasteiger partial charge in [0.05, 0.1) is 17.9 Å². The van der Waals surface area contributed by atoms with Gasteiger partial charge < -0.3 is 14.5 Å². The second kappa shape index (κ2) is 10.4. The molecule has 0 bridgehead atoms. The number of benzene rings is 3. The van der Waals surface area contributed by atoms with E-state index in [0.29, 0.717) is 31.0 Å². The quantitative estimate of drug-likeness (QED) is 0.478. The molecule has 32 heavy (non-hydrogen) atoms. The molecule has 2 amide bonds. The SMILES string of the molecule is CN(CCOc1ccccc1)C(=O)c1ccccc1SCC(=O)N1CCc2ccccc21. The summed E-state index contributed by atoms with van der Waals surface area (Å²) in [6, 6.07) is 25.0. The maximum atomic E-state index is 13.0. The van der Waals surface area contributed by atoms with Crippen molar-refractivity contribution in [2.75, 3.05) is 37.4 Å². The van der Waals surface area contributed by atoms with E-state index >= 15 is 0 Å². The van der Waals surface area contributed by atoms with Crippen molar-refractivity contribution in [2.24, 2.45) is 0 Å². The average Bonchev–Trinajstić information content (AvgIpc) is 3.27. The third-order valence-electron chi connectivity index (χ3n) is 5.44. The molecule has 0 atom stereocenters. The van der Waals surface area contributed by atoms with Gasteiger partial charge in [-0.25, -0.2) is 0 Å². The number of thioether (sulfide) groups is 1. The summed E-state index contributed by atoms with van der Waals surface area (Å²) < 4.78 is 5.71. The van der Waals surface area contributed by atoms with Gasteiger partial charge in [-0.05, 0) is 42.3 Å². The highest BCUT2D eigenvalue weighted by Gasteiger charge is 2.24. The zero-order chi connectivity index (χ0) is 22.3. The van der Waals surface area contributed by atoms with Crippen LogP contribution in [0.3, 0.4) is 0 Å². The molecule has 4 rings (SSSR count). The van der Waals surface area contributed by atoms with E-state index in [4.69, 9.17) is 4.74 Å². The van der Waals surface area contributed by atoms with Gasteiger partial charge >= 0.3 is 0 Å². The van der Waals surface area contributed by atoms with Crippen LogP contribution in [0.2, 0.25) is 0 Å². The van der Waals surface area contributed by atoms with E-state index in [9.17, 15) is 9.59 Å². The molecule has 1 aliphatic rings. The highest BCUT2D eigenvalue weighted by atomic mass is 32.2. The topological polar surface area (TPSA) is 49.9 Å². The fourth-order valence-corrected chi connectivity index (χ4v) is 4.63. The van der Waals surface area contributed by atoms with Crippen molar-refractivity contribution in [3.8, 4) is 5.75 Å². The molecule has 5 nitrogen and oxygen atoms in total. The van der Waals surface area contributed by atoms with Crippen LogP contribution < -0.4 is 9.64 Å². The van der Waals surface area contributed by atoms with Gasteiger partial charge in [-0.2, -0.15) is 0 Å². The summed E-state index contributed by atoms with van der Waals surface area (Å²) in [5.41, 5.74) is 2.82. The molecular formula is C26H26N2O3S. The van der Waals surface area contributed by atoms with Crippen molar-refractivity contribution in [3.05, 3.63) is 90.0 Å². The number of fused-ring (bicyclic) bond motifs is 1. The lowest BCUT2D eigenvalue weighted by atomic mass is 10.2. The smallest absolute Gasteiger partial charge is 0.254 e. The number of likely N-dealkylation sites (N-methyl/N-ethyl adjacent to an activating group) is 1. The Morgan fingerprint density at radius 1 is 0.969 bits per heavy atom. The minimum Gasteiger partial charge on any atom is -0.492 e. The number of anilines is 1. The van der Waals surface area contributed by atoms with Crippen molar-refractivity contribution in [1.29, 1.82) is 0 Å². The molecule has 164 valence electrons. The van der Waals surface area contributed by atoms with Gasteiger partial charge in [0.15, 0.2) is 0 Å². The first-order valence-electron chi connectivity index (χ1n) is 10.7. The number of carbonyl (C=O) groups excluding carboxylic acids is 2. The summed E-state index contributed by atoms with van der Waals surface area (Å²) in [5.74, 6) is 1.06. The van der Waals surface area contributed by atoms with Crippen molar-refractivity contribution in [1.82, 2.24) is 4.90 Å². The molecule has 1 heterocycles. The highest BCUT2D eigenvalue weighted by molar-refractivity contribution is 8.00. The van der Waals surface area contributed by atoms with E-state index in [1.165, 1.54) is 17.3 Å². The molecular weight excluding hydrogens is 420 g/mol. The largest absolute Gasteiger partial charge is 0.492 e. The molecule has 0 aromatic heterocycles. The summed E-state index contributed by atoms with van der Waals surface area (Å²) in [6.45, 7) is 1.59. The van der Waals surface area contributed by atoms with Gasteiger partial charge in [0.2, 0.25) is 5.91 Å². The minimum absolute atomic E-state index is 0.0619. The molecule has 0 N–H and O–H groups in total. The third kappa shape index (κ3) is 5.14. The lowest BCUT2D eigenvalue weighted by molar-refractivity contribution is -0.116. The Morgan fingerprint density at radius 2 is 1.69 bits per heavy atom. The van der Waals surface area contributed by atoms with Gasteiger partial charge in [-0.3, -0.25) is 9.59 Å². The van der Waals surface area contributed by atoms with Gasteiger partial charge in [0.25, 0.3) is 5.91 Å². The Balaban J connectivity index is 1.35. The Hall–Kier alpha value is -3.25. The number of nitrogens with zero attached hydrogens (tertiary/aromatic N) is 2. The highest BCUT2D eigenvalue weighted by Crippen LogP contribution is 2.30. The molecule has 0 aliphatic carbocycles. The zero-order valence-electron chi connectivity index (χ0n) is 18.1. The molecule has 0 radical (unpaired) electrons. The van der Waals surface area contributed by atoms with Crippen LogP contribution in [0.1, 0.15) is 15.9 Å². The molecule has 3 aromatic rings. The van der Waals surface area contributed by atoms with Crippen LogP contribution in [0.5, 0.6) is 5.75 Å². The van der Waals surface area contributed by atoms with Crippen LogP contribution in [0.15, 0.2) is 83.8 Å². The molecule has 0 spiro atoms. The molecule has 0 saturated carbocycles. The van der Waals surface area contributed by atoms with E-state index in [2.05, 4.69) is 6.07 Å². The number of para-hydroxylation sites is 2. The normalized spacial score (nSPS) is 12.3. The second-order valence-corrected chi connectivity index (χ2v) is 8.61. The first kappa shape index (κ1) is 22.0. The van der Waals surface area contributed by atoms with Crippen molar-refractivity contribution in [2.45, 2.75) is 11.3 Å². The van der Waals surface area contributed by atoms with Gasteiger partial charge in [0, 0.05) is 24.2 Å². The van der Waals surface area contributed by atoms with Crippen LogP contribution >= 0.6 is 11.8 Å². The van der Waals surface area contributed by atoms with Gasteiger partial charge in [-0.15, -0.1) is 11.8 Å². The number of amides is 2. The first-order chi connectivity index (χ1) is 15.6. The van der Waals surface area contributed by atoms with E-state index in [1.807, 2.05) is 77.7 Å². The number of rotatable bonds is 8. The second-order valence-electron chi connectivity index (χ2n) is 7.60. The molecule has 0 unspecified atom stereocenters. The predicted molar refractivity (Wildman–Crippen MR) is 129 cm³/mol. The fraction of sp³-hybridized carbons (Fsp3) is 0.231. The predicted octanol–water partition coefficient (Wildman–Crippen LogP) is 4.52. The molecule has 1 aliphatic heterocycles. The van der Waals surface area contributed by atoms with Crippen molar-refractivity contribution < 1.29 is 14.3 Å². The zero-order valence-corrected chi connectivity index (χ0v) is 18.9. The summed E-state index contributed by atoms with van der Waals surface area (Å²) >= 11 is 1.41. The van der Waals surface area contributed by atoms with Gasteiger partial charge in [-0.1, -0.05) is 48.5 Å². The Labute approximate surface area is 193 Å². The van der Waals surface area contributed by atoms with Crippen molar-refractivity contribution >= 4 is 29.3 Å². The Kier molecular flexibility index (Phi) is 7.12. The molecule has 6 heteroatoms. The minimum atomic E-state index is -0.0799. The first-order valence-corrected chi connectivity index (χ1v) is 11.7. The van der Waals surface area contributed by atoms with Crippen LogP contribution in [-0.2, 0) is 11.2 Å². The number of hydrogen-bond acceptors (Lipinski definition) is 4. The van der Waals surface area contributed by atoms with E-state index in [-0.39, 0.29) is 11.8 Å². The number of hydrogen-bond donors (Lipinski definition) is 0. The van der Waals surface area contributed by atoms with Crippen LogP contribution in [0.25, 0.3) is 0 Å². The lowest BCUT2D eigenvalue weighted by Crippen LogP contribution is -2.32. The number of ether oxygens (including phenoxy) is 1. The van der Waals surface area contributed by atoms with Crippen molar-refractivity contribution in [3.63, 3.8) is 0 Å². The van der Waals surface area contributed by atoms with Crippen LogP contribution in [0, 0.1) is 0 Å². The monoisotopic (exact) mass is 446 g/mol. The molecule has 3 aromatic carbocycles. The van der Waals surface area contributed by atoms with Crippen LogP contribution in [-0.4, -0.2) is 49.2 Å². The summed E-state index contributed by atoms with van der Waals surface area (Å²) in [5, 5.41) is 0. The molecule has 0 saturated heterocycles. The third-order valence-corrected chi connectivity index (χ3v) is 6.50. The summed E-state index contributed by atoms with van der Waals surface area (Å²) in [6.07, 6.45) is 0.886. The average molecular weight is 447 g/mol. The lowest BCUT2D eigenvalue weighted by Gasteiger charge is -2.20. The fourth-order valence-electron chi connectivity index (χ4n) is 3.71. The van der Waals surface area contributed by atoms with E-state index in [1.54, 1.807) is 11.9 Å². The maximum absolute atomic E-state index is 13.0.